The van der Waals surface area contributed by atoms with Crippen LogP contribution in [0.3, 0.4) is 0 Å². The molecular weight excluding hydrogens is 440 g/mol. The van der Waals surface area contributed by atoms with Gasteiger partial charge in [-0.3, -0.25) is 4.79 Å². The summed E-state index contributed by atoms with van der Waals surface area (Å²) in [7, 11) is 0. The lowest BCUT2D eigenvalue weighted by Gasteiger charge is -2.15. The van der Waals surface area contributed by atoms with Gasteiger partial charge in [0.25, 0.3) is 0 Å². The topological polar surface area (TPSA) is 105 Å². The molecule has 0 radical (unpaired) electrons. The van der Waals surface area contributed by atoms with E-state index in [0.717, 1.165) is 16.8 Å². The van der Waals surface area contributed by atoms with Crippen molar-refractivity contribution in [2.75, 3.05) is 17.7 Å². The predicted octanol–water partition coefficient (Wildman–Crippen LogP) is 4.66. The van der Waals surface area contributed by atoms with Crippen molar-refractivity contribution in [1.29, 1.82) is 5.26 Å². The molecule has 1 N–H and O–H groups in total. The second-order valence-electron chi connectivity index (χ2n) is 6.04. The van der Waals surface area contributed by atoms with Crippen molar-refractivity contribution in [3.05, 3.63) is 45.5 Å². The number of nitrogens with zero attached hydrogens (tertiary/aromatic N) is 3. The molecule has 0 atom stereocenters. The van der Waals surface area contributed by atoms with E-state index >= 15 is 0 Å². The Morgan fingerprint density at radius 1 is 1.30 bits per heavy atom. The zero-order chi connectivity index (χ0) is 21.7. The monoisotopic (exact) mass is 458 g/mol. The summed E-state index contributed by atoms with van der Waals surface area (Å²) in [5.41, 5.74) is 3.77. The quantitative estimate of drug-likeness (QED) is 0.405. The van der Waals surface area contributed by atoms with E-state index in [1.165, 1.54) is 22.7 Å². The van der Waals surface area contributed by atoms with Gasteiger partial charge >= 0.3 is 5.97 Å². The van der Waals surface area contributed by atoms with Gasteiger partial charge in [0.15, 0.2) is 0 Å². The second kappa shape index (κ2) is 9.84. The van der Waals surface area contributed by atoms with Crippen LogP contribution >= 0.6 is 34.4 Å². The molecule has 3 aromatic rings. The first-order valence-corrected chi connectivity index (χ1v) is 11.7. The number of aryl methyl sites for hydroxylation is 2. The Bertz CT molecular complexity index is 1120. The molecule has 0 unspecified atom stereocenters. The van der Waals surface area contributed by atoms with Crippen LogP contribution in [0.1, 0.15) is 34.2 Å². The lowest BCUT2D eigenvalue weighted by Crippen LogP contribution is -2.15. The van der Waals surface area contributed by atoms with Crippen LogP contribution in [0.15, 0.2) is 28.0 Å². The van der Waals surface area contributed by atoms with Crippen LogP contribution in [0.2, 0.25) is 0 Å². The van der Waals surface area contributed by atoms with Crippen LogP contribution in [0.5, 0.6) is 0 Å². The molecule has 0 bridgehead atoms. The number of anilines is 1. The highest BCUT2D eigenvalue weighted by atomic mass is 32.2. The largest absolute Gasteiger partial charge is 0.462 e. The molecule has 0 aliphatic rings. The van der Waals surface area contributed by atoms with Crippen molar-refractivity contribution in [2.45, 2.75) is 25.8 Å². The fraction of sp³-hybridized carbons (Fsp3) is 0.250. The van der Waals surface area contributed by atoms with Crippen LogP contribution in [-0.2, 0) is 9.53 Å². The normalized spacial score (nSPS) is 10.5. The van der Waals surface area contributed by atoms with Crippen molar-refractivity contribution in [2.24, 2.45) is 0 Å². The van der Waals surface area contributed by atoms with Crippen molar-refractivity contribution in [3.63, 3.8) is 0 Å². The number of nitrogens with one attached hydrogen (secondary N) is 1. The smallest absolute Gasteiger partial charge is 0.340 e. The van der Waals surface area contributed by atoms with Crippen LogP contribution in [0.4, 0.5) is 5.00 Å². The third-order valence-corrected chi connectivity index (χ3v) is 6.74. The van der Waals surface area contributed by atoms with E-state index in [0.29, 0.717) is 26.9 Å². The minimum atomic E-state index is -0.534. The molecule has 0 aromatic carbocycles. The van der Waals surface area contributed by atoms with E-state index in [2.05, 4.69) is 21.4 Å². The van der Waals surface area contributed by atoms with Gasteiger partial charge in [0.05, 0.1) is 50.3 Å². The van der Waals surface area contributed by atoms with Crippen LogP contribution < -0.4 is 5.32 Å². The minimum absolute atomic E-state index is 0.0822. The fourth-order valence-corrected chi connectivity index (χ4v) is 5.09. The number of amides is 1. The number of thiazole rings is 1. The summed E-state index contributed by atoms with van der Waals surface area (Å²) in [6, 6.07) is 5.84. The Hall–Kier alpha value is -2.74. The molecule has 0 fully saturated rings. The number of carbonyl (C=O) groups excluding carboxylic acids is 2. The summed E-state index contributed by atoms with van der Waals surface area (Å²) < 4.78 is 5.21. The molecule has 0 aliphatic heterocycles. The van der Waals surface area contributed by atoms with E-state index in [9.17, 15) is 14.9 Å². The minimum Gasteiger partial charge on any atom is -0.462 e. The maximum atomic E-state index is 12.7. The van der Waals surface area contributed by atoms with E-state index in [1.807, 2.05) is 24.4 Å². The third-order valence-electron chi connectivity index (χ3n) is 4.03. The van der Waals surface area contributed by atoms with E-state index in [1.54, 1.807) is 19.4 Å². The van der Waals surface area contributed by atoms with Gasteiger partial charge in [-0.05, 0) is 38.3 Å². The molecular formula is C20H18N4O3S3. The summed E-state index contributed by atoms with van der Waals surface area (Å²) in [5.74, 6) is -0.650. The van der Waals surface area contributed by atoms with E-state index in [-0.39, 0.29) is 29.4 Å². The highest BCUT2D eigenvalue weighted by molar-refractivity contribution is 8.00. The van der Waals surface area contributed by atoms with Crippen LogP contribution in [-0.4, -0.2) is 34.2 Å². The van der Waals surface area contributed by atoms with E-state index < -0.39 is 5.97 Å². The van der Waals surface area contributed by atoms with Crippen molar-refractivity contribution < 1.29 is 14.3 Å². The number of ether oxygens (including phenoxy) is 1. The van der Waals surface area contributed by atoms with Gasteiger partial charge in [-0.1, -0.05) is 11.8 Å². The van der Waals surface area contributed by atoms with E-state index in [4.69, 9.17) is 4.74 Å². The third kappa shape index (κ3) is 4.70. The number of hydrogen-bond donors (Lipinski definition) is 1. The Labute approximate surface area is 186 Å². The second-order valence-corrected chi connectivity index (χ2v) is 8.81. The van der Waals surface area contributed by atoms with Gasteiger partial charge in [-0.15, -0.1) is 22.7 Å². The van der Waals surface area contributed by atoms with Gasteiger partial charge in [-0.2, -0.15) is 5.26 Å². The van der Waals surface area contributed by atoms with Crippen LogP contribution in [0.25, 0.3) is 10.4 Å². The molecule has 30 heavy (non-hydrogen) atoms. The number of aromatic nitrogens is 2. The summed E-state index contributed by atoms with van der Waals surface area (Å²) >= 11 is 3.93. The molecule has 3 aromatic heterocycles. The number of hydrogen-bond acceptors (Lipinski definition) is 9. The molecule has 1 amide bonds. The number of thioether (sulfide) groups is 1. The molecule has 0 spiro atoms. The number of nitriles is 1. The summed E-state index contributed by atoms with van der Waals surface area (Å²) in [6.07, 6.45) is 0. The van der Waals surface area contributed by atoms with Gasteiger partial charge in [0.1, 0.15) is 11.1 Å². The number of pyridine rings is 1. The highest BCUT2D eigenvalue weighted by Crippen LogP contribution is 2.38. The molecule has 3 heterocycles. The number of esters is 1. The Kier molecular flexibility index (Phi) is 7.20. The Morgan fingerprint density at radius 2 is 2.10 bits per heavy atom. The van der Waals surface area contributed by atoms with Crippen molar-refractivity contribution >= 4 is 51.3 Å². The molecule has 10 heteroatoms. The summed E-state index contributed by atoms with van der Waals surface area (Å²) in [6.45, 7) is 5.45. The lowest BCUT2D eigenvalue weighted by atomic mass is 9.99. The highest BCUT2D eigenvalue weighted by Gasteiger charge is 2.27. The fourth-order valence-electron chi connectivity index (χ4n) is 2.76. The molecule has 0 saturated heterocycles. The first-order valence-electron chi connectivity index (χ1n) is 8.94. The molecule has 0 aliphatic carbocycles. The Balaban J connectivity index is 2.01. The van der Waals surface area contributed by atoms with Gasteiger partial charge in [0, 0.05) is 5.56 Å². The molecule has 154 valence electrons. The number of carbonyl (C=O) groups is 2. The predicted molar refractivity (Wildman–Crippen MR) is 119 cm³/mol. The number of rotatable bonds is 7. The van der Waals surface area contributed by atoms with Crippen LogP contribution in [0, 0.1) is 25.2 Å². The summed E-state index contributed by atoms with van der Waals surface area (Å²) in [5, 5.41) is 15.7. The van der Waals surface area contributed by atoms with Crippen molar-refractivity contribution in [1.82, 2.24) is 9.97 Å². The first-order chi connectivity index (χ1) is 14.5. The average Bonchev–Trinajstić information content (AvgIpc) is 3.37. The summed E-state index contributed by atoms with van der Waals surface area (Å²) in [4.78, 5) is 34.4. The van der Waals surface area contributed by atoms with Crippen molar-refractivity contribution in [3.8, 4) is 16.5 Å². The van der Waals surface area contributed by atoms with Gasteiger partial charge in [-0.25, -0.2) is 14.8 Å². The zero-order valence-corrected chi connectivity index (χ0v) is 19.0. The maximum Gasteiger partial charge on any atom is 0.340 e. The SMILES string of the molecule is CCOC(=O)c1c(C)nc(SCC(=O)Nc2cccs2)c(C#N)c1-c1scnc1C. The lowest BCUT2D eigenvalue weighted by molar-refractivity contribution is -0.113. The molecule has 7 nitrogen and oxygen atoms in total. The van der Waals surface area contributed by atoms with Gasteiger partial charge in [0.2, 0.25) is 5.91 Å². The van der Waals surface area contributed by atoms with Gasteiger partial charge < -0.3 is 10.1 Å². The molecule has 3 rings (SSSR count). The Morgan fingerprint density at radius 3 is 2.70 bits per heavy atom. The first kappa shape index (κ1) is 22.0. The average molecular weight is 459 g/mol. The standard InChI is InChI=1S/C20H18N4O3S3/c1-4-27-20(26)16-11(2)23-19(29-9-14(25)24-15-6-5-7-28-15)13(8-21)17(16)18-12(3)22-10-30-18/h5-7,10H,4,9H2,1-3H3,(H,24,25). The zero-order valence-electron chi connectivity index (χ0n) is 16.5. The number of thiophene rings is 1. The molecule has 0 saturated carbocycles. The maximum absolute atomic E-state index is 12.7.